The first-order valence-corrected chi connectivity index (χ1v) is 10.9. The van der Waals surface area contributed by atoms with Crippen molar-refractivity contribution in [1.29, 1.82) is 0 Å². The molecule has 0 aliphatic rings. The highest BCUT2D eigenvalue weighted by molar-refractivity contribution is 8.52. The zero-order valence-corrected chi connectivity index (χ0v) is 13.3. The number of hydrogen-bond donors (Lipinski definition) is 0. The van der Waals surface area contributed by atoms with Gasteiger partial charge in [-0.05, 0) is 27.7 Å². The zero-order valence-electron chi connectivity index (χ0n) is 10.6. The first-order valence-electron chi connectivity index (χ1n) is 5.48. The van der Waals surface area contributed by atoms with E-state index in [1.54, 1.807) is 27.7 Å². The SMILES string of the molecule is CCOP(=O)(OCC)[P-]P(=O)(OCC)OCC. The lowest BCUT2D eigenvalue weighted by molar-refractivity contribution is 0.231. The van der Waals surface area contributed by atoms with E-state index in [2.05, 4.69) is 0 Å². The Hall–Kier alpha value is 0.730. The van der Waals surface area contributed by atoms with Crippen LogP contribution < -0.4 is 0 Å². The molecule has 0 radical (unpaired) electrons. The van der Waals surface area contributed by atoms with Crippen LogP contribution in [0.1, 0.15) is 27.7 Å². The summed E-state index contributed by atoms with van der Waals surface area (Å²) in [7, 11) is -6.94. The van der Waals surface area contributed by atoms with E-state index in [4.69, 9.17) is 18.1 Å². The van der Waals surface area contributed by atoms with Crippen LogP contribution in [0.2, 0.25) is 0 Å². The highest BCUT2D eigenvalue weighted by Crippen LogP contribution is 2.84. The van der Waals surface area contributed by atoms with Crippen molar-refractivity contribution < 1.29 is 27.2 Å². The van der Waals surface area contributed by atoms with E-state index in [9.17, 15) is 9.13 Å². The van der Waals surface area contributed by atoms with Gasteiger partial charge in [-0.2, -0.15) is 0 Å². The van der Waals surface area contributed by atoms with Crippen LogP contribution >= 0.6 is 22.5 Å². The van der Waals surface area contributed by atoms with Crippen molar-refractivity contribution in [2.45, 2.75) is 27.7 Å². The van der Waals surface area contributed by atoms with Crippen LogP contribution in [-0.4, -0.2) is 26.4 Å². The summed E-state index contributed by atoms with van der Waals surface area (Å²) < 4.78 is 44.6. The fraction of sp³-hybridized carbons (Fsp3) is 1.00. The van der Waals surface area contributed by atoms with E-state index in [-0.39, 0.29) is 34.4 Å². The fourth-order valence-corrected chi connectivity index (χ4v) is 9.98. The maximum atomic E-state index is 12.2. The molecule has 0 N–H and O–H groups in total. The van der Waals surface area contributed by atoms with Gasteiger partial charge in [-0.25, -0.2) is 0 Å². The van der Waals surface area contributed by atoms with E-state index in [1.165, 1.54) is 0 Å². The third kappa shape index (κ3) is 7.03. The molecule has 0 saturated carbocycles. The molecule has 0 amide bonds. The summed E-state index contributed by atoms with van der Waals surface area (Å²) in [6.45, 7) is 7.60. The molecule has 0 aliphatic carbocycles. The van der Waals surface area contributed by atoms with E-state index >= 15 is 0 Å². The second-order valence-corrected chi connectivity index (χ2v) is 10.9. The Balaban J connectivity index is 4.79. The van der Waals surface area contributed by atoms with E-state index in [0.29, 0.717) is 0 Å². The average molecular weight is 305 g/mol. The van der Waals surface area contributed by atoms with Gasteiger partial charge in [-0.3, -0.25) is 17.1 Å². The van der Waals surface area contributed by atoms with Gasteiger partial charge in [-0.15, -0.1) is 0 Å². The van der Waals surface area contributed by atoms with Gasteiger partial charge < -0.3 is 18.1 Å². The van der Waals surface area contributed by atoms with E-state index < -0.39 is 14.6 Å². The van der Waals surface area contributed by atoms with Gasteiger partial charge in [0.25, 0.3) is 0 Å². The molecule has 17 heavy (non-hydrogen) atoms. The molecule has 0 unspecified atom stereocenters. The number of rotatable bonds is 10. The molecule has 0 heterocycles. The number of hydrogen-bond acceptors (Lipinski definition) is 6. The van der Waals surface area contributed by atoms with E-state index in [1.807, 2.05) is 0 Å². The summed E-state index contributed by atoms with van der Waals surface area (Å²) in [5.41, 5.74) is 0. The summed E-state index contributed by atoms with van der Waals surface area (Å²) in [6, 6.07) is 0. The van der Waals surface area contributed by atoms with Crippen LogP contribution in [0.25, 0.3) is 0 Å². The molecule has 0 aliphatic heterocycles. The van der Waals surface area contributed by atoms with Crippen molar-refractivity contribution in [2.75, 3.05) is 26.4 Å². The van der Waals surface area contributed by atoms with Crippen LogP contribution in [-0.2, 0) is 27.2 Å². The van der Waals surface area contributed by atoms with E-state index in [0.717, 1.165) is 0 Å². The minimum absolute atomic E-state index is 0.0576. The first-order chi connectivity index (χ1) is 7.95. The molecule has 9 heteroatoms. The smallest absolute Gasteiger partial charge is 0.191 e. The molecular formula is C8H20O6P3-. The molecule has 0 bridgehead atoms. The zero-order chi connectivity index (χ0) is 13.4. The normalized spacial score (nSPS) is 12.9. The first kappa shape index (κ1) is 17.7. The third-order valence-electron chi connectivity index (χ3n) is 1.39. The van der Waals surface area contributed by atoms with Crippen molar-refractivity contribution in [2.24, 2.45) is 0 Å². The third-order valence-corrected chi connectivity index (χ3v) is 10.8. The average Bonchev–Trinajstić information content (AvgIpc) is 2.17. The summed E-state index contributed by atoms with van der Waals surface area (Å²) >= 11 is 0. The van der Waals surface area contributed by atoms with Gasteiger partial charge in [0.1, 0.15) is 0 Å². The molecule has 0 aromatic carbocycles. The van der Waals surface area contributed by atoms with Crippen molar-refractivity contribution in [3.63, 3.8) is 0 Å². The predicted molar refractivity (Wildman–Crippen MR) is 68.6 cm³/mol. The largest absolute Gasteiger partial charge is 0.330 e. The van der Waals surface area contributed by atoms with Gasteiger partial charge in [0.2, 0.25) is 0 Å². The van der Waals surface area contributed by atoms with Crippen molar-refractivity contribution in [3.8, 4) is 0 Å². The highest BCUT2D eigenvalue weighted by Gasteiger charge is 2.22. The standard InChI is InChI=1S/C8H20O6P3/c1-5-11-16(9,12-6-2)15-17(10,13-7-3)14-8-4/h5-8H2,1-4H3/q-1. The Bertz CT molecular complexity index is 247. The molecule has 6 nitrogen and oxygen atoms in total. The quantitative estimate of drug-likeness (QED) is 0.560. The summed E-state index contributed by atoms with van der Waals surface area (Å²) in [4.78, 5) is 0. The lowest BCUT2D eigenvalue weighted by atomic mass is 10.9. The fourth-order valence-electron chi connectivity index (χ4n) is 0.965. The van der Waals surface area contributed by atoms with Crippen molar-refractivity contribution >= 4 is 22.5 Å². The van der Waals surface area contributed by atoms with Gasteiger partial charge in [0.05, 0.1) is 26.4 Å². The lowest BCUT2D eigenvalue weighted by Crippen LogP contribution is -1.95. The summed E-state index contributed by atoms with van der Waals surface area (Å²) in [6.07, 6.45) is 0. The Morgan fingerprint density at radius 3 is 1.12 bits per heavy atom. The van der Waals surface area contributed by atoms with Crippen LogP contribution in [0.4, 0.5) is 0 Å². The second-order valence-electron chi connectivity index (χ2n) is 2.70. The Kier molecular flexibility index (Phi) is 9.14. The van der Waals surface area contributed by atoms with Gasteiger partial charge >= 0.3 is 0 Å². The Morgan fingerprint density at radius 2 is 0.941 bits per heavy atom. The molecule has 0 saturated heterocycles. The molecule has 0 spiro atoms. The highest BCUT2D eigenvalue weighted by atomic mass is 32.5. The van der Waals surface area contributed by atoms with Gasteiger partial charge in [-0.1, -0.05) is 0 Å². The molecule has 104 valence electrons. The van der Waals surface area contributed by atoms with Crippen LogP contribution in [0.3, 0.4) is 0 Å². The molecular weight excluding hydrogens is 285 g/mol. The van der Waals surface area contributed by atoms with Crippen LogP contribution in [0.15, 0.2) is 0 Å². The van der Waals surface area contributed by atoms with Crippen LogP contribution in [0.5, 0.6) is 0 Å². The Labute approximate surface area is 104 Å². The molecule has 0 aromatic rings. The monoisotopic (exact) mass is 305 g/mol. The maximum Gasteiger partial charge on any atom is 0.191 e. The minimum Gasteiger partial charge on any atom is -0.330 e. The second kappa shape index (κ2) is 8.77. The van der Waals surface area contributed by atoms with Crippen molar-refractivity contribution in [1.82, 2.24) is 0 Å². The summed E-state index contributed by atoms with van der Waals surface area (Å²) in [5.74, 6) is 0. The summed E-state index contributed by atoms with van der Waals surface area (Å²) in [5, 5.41) is 0. The maximum absolute atomic E-state index is 12.2. The topological polar surface area (TPSA) is 71.1 Å². The molecule has 0 aromatic heterocycles. The lowest BCUT2D eigenvalue weighted by Gasteiger charge is -2.34. The minimum atomic E-state index is -3.44. The molecule has 0 rings (SSSR count). The molecule has 0 atom stereocenters. The van der Waals surface area contributed by atoms with Gasteiger partial charge in [0, 0.05) is 0 Å². The molecule has 0 fully saturated rings. The van der Waals surface area contributed by atoms with Crippen molar-refractivity contribution in [3.05, 3.63) is 0 Å². The van der Waals surface area contributed by atoms with Gasteiger partial charge in [0.15, 0.2) is 14.6 Å². The Morgan fingerprint density at radius 1 is 0.706 bits per heavy atom. The van der Waals surface area contributed by atoms with Crippen LogP contribution in [0, 0.1) is 0 Å². The predicted octanol–water partition coefficient (Wildman–Crippen LogP) is 4.29.